The Morgan fingerprint density at radius 3 is 2.64 bits per heavy atom. The fourth-order valence-electron chi connectivity index (χ4n) is 5.08. The third-order valence-electron chi connectivity index (χ3n) is 6.89. The van der Waals surface area contributed by atoms with E-state index in [2.05, 4.69) is 37.7 Å². The average molecular weight is 510 g/mol. The van der Waals surface area contributed by atoms with Crippen LogP contribution >= 0.6 is 11.6 Å². The minimum absolute atomic E-state index is 0.0550. The molecule has 0 spiro atoms. The van der Waals surface area contributed by atoms with E-state index >= 15 is 0 Å². The minimum Gasteiger partial charge on any atom is -0.328 e. The Morgan fingerprint density at radius 2 is 1.94 bits per heavy atom. The lowest BCUT2D eigenvalue weighted by atomic mass is 10.0. The van der Waals surface area contributed by atoms with Crippen LogP contribution in [0.1, 0.15) is 42.4 Å². The highest BCUT2D eigenvalue weighted by Crippen LogP contribution is 2.29. The monoisotopic (exact) mass is 509 g/mol. The molecule has 2 aliphatic heterocycles. The van der Waals surface area contributed by atoms with Crippen LogP contribution < -0.4 is 11.2 Å². The van der Waals surface area contributed by atoms with Crippen molar-refractivity contribution in [2.45, 2.75) is 51.2 Å². The number of amidine groups is 1. The maximum atomic E-state index is 13.2. The summed E-state index contributed by atoms with van der Waals surface area (Å²) in [5, 5.41) is 10.9. The van der Waals surface area contributed by atoms with Gasteiger partial charge in [0, 0.05) is 55.4 Å². The van der Waals surface area contributed by atoms with Crippen molar-refractivity contribution >= 4 is 34.9 Å². The summed E-state index contributed by atoms with van der Waals surface area (Å²) in [5.74, 6) is 5.41. The summed E-state index contributed by atoms with van der Waals surface area (Å²) in [5.41, 5.74) is 3.61. The van der Waals surface area contributed by atoms with Crippen molar-refractivity contribution in [2.24, 2.45) is 21.2 Å². The summed E-state index contributed by atoms with van der Waals surface area (Å²) in [4.78, 5) is 34.3. The first-order chi connectivity index (χ1) is 17.4. The number of likely N-dealkylation sites (tertiary alicyclic amines) is 2. The third-order valence-corrected chi connectivity index (χ3v) is 7.31. The van der Waals surface area contributed by atoms with E-state index in [9.17, 15) is 9.59 Å². The molecule has 3 N–H and O–H groups in total. The van der Waals surface area contributed by atoms with Crippen molar-refractivity contribution in [1.29, 1.82) is 0 Å². The van der Waals surface area contributed by atoms with Crippen LogP contribution in [0, 0.1) is 6.92 Å². The molecule has 0 saturated carbocycles. The molecule has 0 radical (unpaired) electrons. The SMILES string of the molecule is CN=C(N=NN)c1cccc(NC(=O)C2CCC(=O)N2C2CCN(Cc3ccc(Cl)c(C)c3)CC2)c1. The second-order valence-electron chi connectivity index (χ2n) is 9.28. The van der Waals surface area contributed by atoms with Crippen LogP contribution in [-0.4, -0.2) is 59.7 Å². The summed E-state index contributed by atoms with van der Waals surface area (Å²) in [6.45, 7) is 4.62. The molecular weight excluding hydrogens is 478 g/mol. The molecule has 1 atom stereocenters. The topological polar surface area (TPSA) is 116 Å². The quantitative estimate of drug-likeness (QED) is 0.202. The Morgan fingerprint density at radius 1 is 1.17 bits per heavy atom. The number of carbonyl (C=O) groups is 2. The van der Waals surface area contributed by atoms with Gasteiger partial charge in [-0.3, -0.25) is 19.5 Å². The zero-order chi connectivity index (χ0) is 25.7. The first-order valence-corrected chi connectivity index (χ1v) is 12.5. The normalized spacial score (nSPS) is 19.9. The highest BCUT2D eigenvalue weighted by Gasteiger charge is 2.41. The number of hydrogen-bond acceptors (Lipinski definition) is 5. The van der Waals surface area contributed by atoms with Crippen molar-refractivity contribution in [3.8, 4) is 0 Å². The molecule has 1 unspecified atom stereocenters. The van der Waals surface area contributed by atoms with E-state index in [1.165, 1.54) is 5.56 Å². The largest absolute Gasteiger partial charge is 0.328 e. The van der Waals surface area contributed by atoms with Crippen LogP contribution in [0.15, 0.2) is 57.8 Å². The molecule has 2 amide bonds. The van der Waals surface area contributed by atoms with Crippen molar-refractivity contribution in [2.75, 3.05) is 25.5 Å². The lowest BCUT2D eigenvalue weighted by Crippen LogP contribution is -2.51. The van der Waals surface area contributed by atoms with Crippen LogP contribution in [0.3, 0.4) is 0 Å². The molecule has 2 aliphatic rings. The first kappa shape index (κ1) is 25.8. The van der Waals surface area contributed by atoms with Gasteiger partial charge in [0.15, 0.2) is 5.84 Å². The molecule has 2 aromatic rings. The number of anilines is 1. The van der Waals surface area contributed by atoms with Crippen molar-refractivity contribution < 1.29 is 9.59 Å². The predicted molar refractivity (Wildman–Crippen MR) is 141 cm³/mol. The number of aliphatic imine (C=N–C) groups is 1. The standard InChI is InChI=1S/C26H32ClN7O2/c1-17-14-18(6-7-22(17)27)16-33-12-10-21(11-13-33)34-23(8-9-24(34)35)26(36)30-20-5-3-4-19(15-20)25(29-2)31-32-28/h3-7,14-15,21,23H,8-13,16H2,1-2H3,(H,30,36)(H2,28,29,31). The van der Waals surface area contributed by atoms with Crippen LogP contribution in [0.25, 0.3) is 0 Å². The van der Waals surface area contributed by atoms with Gasteiger partial charge in [-0.15, -0.1) is 5.11 Å². The van der Waals surface area contributed by atoms with Crippen molar-refractivity contribution in [3.63, 3.8) is 0 Å². The van der Waals surface area contributed by atoms with Crippen molar-refractivity contribution in [1.82, 2.24) is 9.80 Å². The fraction of sp³-hybridized carbons (Fsp3) is 0.423. The molecule has 0 aliphatic carbocycles. The molecule has 190 valence electrons. The smallest absolute Gasteiger partial charge is 0.247 e. The number of carbonyl (C=O) groups excluding carboxylic acids is 2. The Bertz CT molecular complexity index is 1170. The molecule has 2 aromatic carbocycles. The maximum Gasteiger partial charge on any atom is 0.247 e. The lowest BCUT2D eigenvalue weighted by Gasteiger charge is -2.39. The predicted octanol–water partition coefficient (Wildman–Crippen LogP) is 3.94. The number of amides is 2. The highest BCUT2D eigenvalue weighted by atomic mass is 35.5. The molecule has 0 bridgehead atoms. The molecule has 10 heteroatoms. The number of benzene rings is 2. The molecule has 2 heterocycles. The molecule has 4 rings (SSSR count). The Kier molecular flexibility index (Phi) is 8.32. The second-order valence-corrected chi connectivity index (χ2v) is 9.69. The summed E-state index contributed by atoms with van der Waals surface area (Å²) in [6, 6.07) is 12.9. The van der Waals surface area contributed by atoms with Gasteiger partial charge in [-0.2, -0.15) is 0 Å². The van der Waals surface area contributed by atoms with E-state index < -0.39 is 6.04 Å². The maximum absolute atomic E-state index is 13.2. The molecular formula is C26H32ClN7O2. The number of nitrogens with one attached hydrogen (secondary N) is 1. The molecule has 2 fully saturated rings. The summed E-state index contributed by atoms with van der Waals surface area (Å²) < 4.78 is 0. The number of nitrogens with zero attached hydrogens (tertiary/aromatic N) is 5. The van der Waals surface area contributed by atoms with E-state index in [-0.39, 0.29) is 17.9 Å². The van der Waals surface area contributed by atoms with E-state index in [0.29, 0.717) is 29.9 Å². The highest BCUT2D eigenvalue weighted by molar-refractivity contribution is 6.31. The minimum atomic E-state index is -0.473. The van der Waals surface area contributed by atoms with Crippen molar-refractivity contribution in [3.05, 3.63) is 64.2 Å². The van der Waals surface area contributed by atoms with Gasteiger partial charge >= 0.3 is 0 Å². The lowest BCUT2D eigenvalue weighted by molar-refractivity contribution is -0.136. The number of nitrogens with two attached hydrogens (primary N) is 1. The number of hydrogen-bond donors (Lipinski definition) is 2. The van der Waals surface area contributed by atoms with Gasteiger partial charge in [0.1, 0.15) is 6.04 Å². The Labute approximate surface area is 216 Å². The van der Waals surface area contributed by atoms with Crippen LogP contribution in [0.2, 0.25) is 5.02 Å². The summed E-state index contributed by atoms with van der Waals surface area (Å²) in [7, 11) is 1.60. The van der Waals surface area contributed by atoms with Gasteiger partial charge in [0.05, 0.1) is 0 Å². The Hall–Kier alpha value is -3.30. The van der Waals surface area contributed by atoms with Gasteiger partial charge in [-0.25, -0.2) is 0 Å². The van der Waals surface area contributed by atoms with Crippen LogP contribution in [0.4, 0.5) is 5.69 Å². The van der Waals surface area contributed by atoms with E-state index in [4.69, 9.17) is 17.4 Å². The van der Waals surface area contributed by atoms with Gasteiger partial charge in [-0.1, -0.05) is 41.1 Å². The van der Waals surface area contributed by atoms with Gasteiger partial charge in [0.25, 0.3) is 0 Å². The molecule has 9 nitrogen and oxygen atoms in total. The van der Waals surface area contributed by atoms with E-state index in [1.54, 1.807) is 25.2 Å². The Balaban J connectivity index is 1.38. The summed E-state index contributed by atoms with van der Waals surface area (Å²) >= 11 is 6.16. The van der Waals surface area contributed by atoms with E-state index in [0.717, 1.165) is 43.1 Å². The molecule has 36 heavy (non-hydrogen) atoms. The zero-order valence-corrected chi connectivity index (χ0v) is 21.4. The fourth-order valence-corrected chi connectivity index (χ4v) is 5.20. The number of aryl methyl sites for hydroxylation is 1. The molecule has 0 aromatic heterocycles. The van der Waals surface area contributed by atoms with Gasteiger partial charge in [0.2, 0.25) is 11.8 Å². The number of rotatable bonds is 6. The zero-order valence-electron chi connectivity index (χ0n) is 20.7. The second kappa shape index (κ2) is 11.6. The van der Waals surface area contributed by atoms with Crippen LogP contribution in [0.5, 0.6) is 0 Å². The number of halogens is 1. The average Bonchev–Trinajstić information content (AvgIpc) is 3.27. The molecule has 2 saturated heterocycles. The van der Waals surface area contributed by atoms with E-state index in [1.807, 2.05) is 24.0 Å². The van der Waals surface area contributed by atoms with Gasteiger partial charge < -0.3 is 16.1 Å². The third kappa shape index (κ3) is 5.91. The van der Waals surface area contributed by atoms with Crippen LogP contribution in [-0.2, 0) is 16.1 Å². The van der Waals surface area contributed by atoms with Gasteiger partial charge in [-0.05, 0) is 55.5 Å². The first-order valence-electron chi connectivity index (χ1n) is 12.2. The number of piperidine rings is 1. The summed E-state index contributed by atoms with van der Waals surface area (Å²) in [6.07, 6.45) is 2.61.